The molecule has 0 radical (unpaired) electrons. The van der Waals surface area contributed by atoms with Crippen LogP contribution in [0.15, 0.2) is 36.7 Å². The van der Waals surface area contributed by atoms with Crippen molar-refractivity contribution in [2.24, 2.45) is 0 Å². The molecule has 0 aliphatic carbocycles. The van der Waals surface area contributed by atoms with E-state index in [0.29, 0.717) is 30.0 Å². The highest BCUT2D eigenvalue weighted by Gasteiger charge is 2.53. The molecule has 13 heteroatoms. The van der Waals surface area contributed by atoms with Crippen LogP contribution in [0.2, 0.25) is 0 Å². The minimum absolute atomic E-state index is 0.253. The highest BCUT2D eigenvalue weighted by atomic mass is 19.4. The first-order chi connectivity index (χ1) is 15.6. The zero-order valence-electron chi connectivity index (χ0n) is 17.0. The lowest BCUT2D eigenvalue weighted by atomic mass is 9.87. The van der Waals surface area contributed by atoms with E-state index in [1.54, 1.807) is 18.5 Å². The molecule has 4 rings (SSSR count). The van der Waals surface area contributed by atoms with E-state index < -0.39 is 53.2 Å². The summed E-state index contributed by atoms with van der Waals surface area (Å²) in [5, 5.41) is 4.73. The Hall–Kier alpha value is -3.77. The molecule has 4 amide bonds. The van der Waals surface area contributed by atoms with Gasteiger partial charge >= 0.3 is 12.2 Å². The van der Waals surface area contributed by atoms with Gasteiger partial charge in [-0.05, 0) is 37.1 Å². The maximum Gasteiger partial charge on any atom is 0.416 e. The van der Waals surface area contributed by atoms with Crippen LogP contribution in [0.3, 0.4) is 0 Å². The van der Waals surface area contributed by atoms with Gasteiger partial charge in [-0.25, -0.2) is 19.2 Å². The zero-order chi connectivity index (χ0) is 23.8. The van der Waals surface area contributed by atoms with Gasteiger partial charge in [0.15, 0.2) is 0 Å². The van der Waals surface area contributed by atoms with Crippen molar-refractivity contribution in [1.82, 2.24) is 20.2 Å². The van der Waals surface area contributed by atoms with Gasteiger partial charge in [0.25, 0.3) is 5.91 Å². The number of nitrogens with zero attached hydrogens (tertiary/aromatic N) is 4. The van der Waals surface area contributed by atoms with Crippen LogP contribution < -0.4 is 15.5 Å². The Labute approximate surface area is 184 Å². The van der Waals surface area contributed by atoms with Crippen LogP contribution in [0.25, 0.3) is 0 Å². The second-order valence-electron chi connectivity index (χ2n) is 7.68. The van der Waals surface area contributed by atoms with Gasteiger partial charge in [-0.3, -0.25) is 14.5 Å². The van der Waals surface area contributed by atoms with Crippen LogP contribution in [0.5, 0.6) is 0 Å². The minimum atomic E-state index is -4.74. The Balaban J connectivity index is 1.39. The molecule has 2 saturated heterocycles. The molecule has 2 aliphatic heterocycles. The fourth-order valence-electron chi connectivity index (χ4n) is 3.83. The van der Waals surface area contributed by atoms with Crippen molar-refractivity contribution in [3.8, 4) is 0 Å². The summed E-state index contributed by atoms with van der Waals surface area (Å²) in [6, 6.07) is 2.54. The molecular formula is C20H18F4N6O3. The number of carbonyl (C=O) groups excluding carboxylic acids is 3. The number of halogens is 4. The Bertz CT molecular complexity index is 1090. The number of alkyl halides is 3. The van der Waals surface area contributed by atoms with Crippen LogP contribution in [0.4, 0.5) is 34.0 Å². The van der Waals surface area contributed by atoms with E-state index in [-0.39, 0.29) is 18.9 Å². The molecule has 0 unspecified atom stereocenters. The SMILES string of the molecule is O=C(CN1C(=O)NC2(CCN(c3ncccn3)CC2)C1=O)Nc1ccc(C(F)(F)F)cc1F. The zero-order valence-corrected chi connectivity index (χ0v) is 17.0. The van der Waals surface area contributed by atoms with E-state index in [9.17, 15) is 31.9 Å². The fourth-order valence-corrected chi connectivity index (χ4v) is 3.83. The summed E-state index contributed by atoms with van der Waals surface area (Å²) in [4.78, 5) is 48.6. The normalized spacial score (nSPS) is 17.9. The smallest absolute Gasteiger partial charge is 0.341 e. The number of aromatic nitrogens is 2. The van der Waals surface area contributed by atoms with Gasteiger partial charge in [0.1, 0.15) is 17.9 Å². The molecule has 2 N–H and O–H groups in total. The van der Waals surface area contributed by atoms with E-state index in [2.05, 4.69) is 20.6 Å². The number of hydrogen-bond donors (Lipinski definition) is 2. The van der Waals surface area contributed by atoms with Gasteiger partial charge in [0, 0.05) is 25.5 Å². The van der Waals surface area contributed by atoms with Crippen molar-refractivity contribution in [2.45, 2.75) is 24.6 Å². The van der Waals surface area contributed by atoms with Crippen LogP contribution >= 0.6 is 0 Å². The highest BCUT2D eigenvalue weighted by molar-refractivity contribution is 6.10. The number of anilines is 2. The largest absolute Gasteiger partial charge is 0.416 e. The maximum atomic E-state index is 14.0. The summed E-state index contributed by atoms with van der Waals surface area (Å²) in [7, 11) is 0. The predicted molar refractivity (Wildman–Crippen MR) is 106 cm³/mol. The quantitative estimate of drug-likeness (QED) is 0.528. The highest BCUT2D eigenvalue weighted by Crippen LogP contribution is 2.32. The molecule has 174 valence electrons. The molecule has 2 aliphatic rings. The van der Waals surface area contributed by atoms with Crippen molar-refractivity contribution in [3.05, 3.63) is 48.0 Å². The molecule has 0 bridgehead atoms. The van der Waals surface area contributed by atoms with Crippen molar-refractivity contribution >= 4 is 29.5 Å². The molecule has 2 aromatic rings. The number of rotatable bonds is 4. The van der Waals surface area contributed by atoms with Crippen molar-refractivity contribution < 1.29 is 31.9 Å². The molecule has 3 heterocycles. The topological polar surface area (TPSA) is 108 Å². The lowest BCUT2D eigenvalue weighted by Gasteiger charge is -2.37. The van der Waals surface area contributed by atoms with Gasteiger partial charge in [0.2, 0.25) is 11.9 Å². The molecular weight excluding hydrogens is 448 g/mol. The standard InChI is InChI=1S/C20H18F4N6O3/c21-13-10-12(20(22,23)24)2-3-14(13)27-15(31)11-30-16(32)19(28-18(30)33)4-8-29(9-5-19)17-25-6-1-7-26-17/h1-3,6-7,10H,4-5,8-9,11H2,(H,27,31)(H,28,33). The summed E-state index contributed by atoms with van der Waals surface area (Å²) < 4.78 is 52.0. The molecule has 1 spiro atoms. The molecule has 33 heavy (non-hydrogen) atoms. The van der Waals surface area contributed by atoms with Crippen molar-refractivity contribution in [3.63, 3.8) is 0 Å². The summed E-state index contributed by atoms with van der Waals surface area (Å²) >= 11 is 0. The number of carbonyl (C=O) groups is 3. The third-order valence-electron chi connectivity index (χ3n) is 5.57. The van der Waals surface area contributed by atoms with Crippen molar-refractivity contribution in [2.75, 3.05) is 29.9 Å². The molecule has 1 aromatic heterocycles. The molecule has 0 atom stereocenters. The van der Waals surface area contributed by atoms with Crippen LogP contribution in [-0.4, -0.2) is 57.9 Å². The number of nitrogens with one attached hydrogen (secondary N) is 2. The Morgan fingerprint density at radius 1 is 1.15 bits per heavy atom. The van der Waals surface area contributed by atoms with Gasteiger partial charge in [0.05, 0.1) is 11.3 Å². The minimum Gasteiger partial charge on any atom is -0.341 e. The number of urea groups is 1. The van der Waals surface area contributed by atoms with E-state index in [1.165, 1.54) is 0 Å². The molecule has 1 aromatic carbocycles. The lowest BCUT2D eigenvalue weighted by Crippen LogP contribution is -2.55. The maximum absolute atomic E-state index is 14.0. The monoisotopic (exact) mass is 466 g/mol. The van der Waals surface area contributed by atoms with E-state index >= 15 is 0 Å². The molecule has 9 nitrogen and oxygen atoms in total. The first kappa shape index (κ1) is 22.4. The van der Waals surface area contributed by atoms with Crippen LogP contribution in [0, 0.1) is 5.82 Å². The van der Waals surface area contributed by atoms with Gasteiger partial charge in [-0.2, -0.15) is 13.2 Å². The van der Waals surface area contributed by atoms with Gasteiger partial charge in [-0.1, -0.05) is 0 Å². The van der Waals surface area contributed by atoms with Gasteiger partial charge < -0.3 is 15.5 Å². The summed E-state index contributed by atoms with van der Waals surface area (Å²) in [5.41, 5.74) is -2.88. The number of benzene rings is 1. The number of amides is 4. The van der Waals surface area contributed by atoms with Crippen LogP contribution in [0.1, 0.15) is 18.4 Å². The summed E-state index contributed by atoms with van der Waals surface area (Å²) in [5.74, 6) is -2.31. The third-order valence-corrected chi connectivity index (χ3v) is 5.57. The number of hydrogen-bond acceptors (Lipinski definition) is 6. The molecule has 2 fully saturated rings. The first-order valence-electron chi connectivity index (χ1n) is 9.92. The Morgan fingerprint density at radius 3 is 2.42 bits per heavy atom. The van der Waals surface area contributed by atoms with Gasteiger partial charge in [-0.15, -0.1) is 0 Å². The van der Waals surface area contributed by atoms with Crippen molar-refractivity contribution in [1.29, 1.82) is 0 Å². The van der Waals surface area contributed by atoms with E-state index in [0.717, 1.165) is 6.07 Å². The summed E-state index contributed by atoms with van der Waals surface area (Å²) in [6.45, 7) is 0.0814. The Morgan fingerprint density at radius 2 is 1.82 bits per heavy atom. The average Bonchev–Trinajstić information content (AvgIpc) is 2.99. The number of imide groups is 1. The second-order valence-corrected chi connectivity index (χ2v) is 7.68. The fraction of sp³-hybridized carbons (Fsp3) is 0.350. The van der Waals surface area contributed by atoms with E-state index in [1.807, 2.05) is 4.90 Å². The van der Waals surface area contributed by atoms with E-state index in [4.69, 9.17) is 0 Å². The lowest BCUT2D eigenvalue weighted by molar-refractivity contribution is -0.137. The van der Waals surface area contributed by atoms with Crippen LogP contribution in [-0.2, 0) is 15.8 Å². The third kappa shape index (κ3) is 4.43. The Kier molecular flexibility index (Phi) is 5.64. The predicted octanol–water partition coefficient (Wildman–Crippen LogP) is 2.16. The average molecular weight is 466 g/mol. The molecule has 0 saturated carbocycles. The number of piperidine rings is 1. The first-order valence-corrected chi connectivity index (χ1v) is 9.92. The summed E-state index contributed by atoms with van der Waals surface area (Å²) in [6.07, 6.45) is -1.02. The second kappa shape index (κ2) is 8.30.